The Morgan fingerprint density at radius 2 is 2.00 bits per heavy atom. The molecule has 1 unspecified atom stereocenters. The molecule has 3 rings (SSSR count). The largest absolute Gasteiger partial charge is 0.313 e. The van der Waals surface area contributed by atoms with E-state index in [1.54, 1.807) is 0 Å². The normalized spacial score (nSPS) is 29.1. The van der Waals surface area contributed by atoms with E-state index in [0.717, 1.165) is 18.2 Å². The average molecular weight is 287 g/mol. The second-order valence-corrected chi connectivity index (χ2v) is 6.87. The van der Waals surface area contributed by atoms with E-state index in [4.69, 9.17) is 9.97 Å². The molecule has 1 aromatic heterocycles. The highest BCUT2D eigenvalue weighted by Gasteiger charge is 2.26. The Bertz CT molecular complexity index is 464. The Morgan fingerprint density at radius 3 is 2.71 bits per heavy atom. The first kappa shape index (κ1) is 15.0. The minimum Gasteiger partial charge on any atom is -0.313 e. The van der Waals surface area contributed by atoms with Gasteiger partial charge in [-0.05, 0) is 57.9 Å². The molecule has 21 heavy (non-hydrogen) atoms. The predicted octanol–water partition coefficient (Wildman–Crippen LogP) is 4.15. The molecule has 1 N–H and O–H groups in total. The van der Waals surface area contributed by atoms with Gasteiger partial charge in [0, 0.05) is 29.4 Å². The molecule has 3 heteroatoms. The van der Waals surface area contributed by atoms with Crippen molar-refractivity contribution in [3.05, 3.63) is 23.3 Å². The molecule has 0 radical (unpaired) electrons. The molecular formula is C18H29N3. The number of hydrogen-bond acceptors (Lipinski definition) is 3. The van der Waals surface area contributed by atoms with Crippen LogP contribution >= 0.6 is 0 Å². The Kier molecular flexibility index (Phi) is 4.89. The van der Waals surface area contributed by atoms with Crippen molar-refractivity contribution < 1.29 is 0 Å². The van der Waals surface area contributed by atoms with Crippen molar-refractivity contribution in [1.82, 2.24) is 15.3 Å². The number of nitrogens with zero attached hydrogens (tertiary/aromatic N) is 2. The fourth-order valence-corrected chi connectivity index (χ4v) is 4.18. The number of aromatic nitrogens is 2. The van der Waals surface area contributed by atoms with E-state index in [2.05, 4.69) is 18.4 Å². The maximum Gasteiger partial charge on any atom is 0.131 e. The van der Waals surface area contributed by atoms with Crippen LogP contribution in [-0.4, -0.2) is 17.0 Å². The maximum atomic E-state index is 4.96. The van der Waals surface area contributed by atoms with Crippen LogP contribution in [0.3, 0.4) is 0 Å². The van der Waals surface area contributed by atoms with Crippen molar-refractivity contribution in [3.8, 4) is 0 Å². The van der Waals surface area contributed by atoms with Crippen LogP contribution in [0.25, 0.3) is 0 Å². The fourth-order valence-electron chi connectivity index (χ4n) is 4.18. The number of hydrogen-bond donors (Lipinski definition) is 1. The summed E-state index contributed by atoms with van der Waals surface area (Å²) in [4.78, 5) is 9.69. The zero-order valence-corrected chi connectivity index (χ0v) is 13.6. The molecule has 0 amide bonds. The van der Waals surface area contributed by atoms with Gasteiger partial charge in [0.25, 0.3) is 0 Å². The van der Waals surface area contributed by atoms with Crippen LogP contribution in [0.5, 0.6) is 0 Å². The third kappa shape index (κ3) is 3.28. The van der Waals surface area contributed by atoms with E-state index in [1.165, 1.54) is 62.6 Å². The molecule has 0 aliphatic heterocycles. The topological polar surface area (TPSA) is 37.8 Å². The molecule has 2 aliphatic carbocycles. The lowest BCUT2D eigenvalue weighted by Gasteiger charge is -2.29. The van der Waals surface area contributed by atoms with Gasteiger partial charge in [-0.1, -0.05) is 19.8 Å². The van der Waals surface area contributed by atoms with Crippen LogP contribution < -0.4 is 5.32 Å². The van der Waals surface area contributed by atoms with Gasteiger partial charge in [-0.25, -0.2) is 9.97 Å². The van der Waals surface area contributed by atoms with Gasteiger partial charge in [0.05, 0.1) is 0 Å². The smallest absolute Gasteiger partial charge is 0.131 e. The Hall–Kier alpha value is -0.960. The lowest BCUT2D eigenvalue weighted by atomic mass is 9.79. The first-order chi connectivity index (χ1) is 10.3. The lowest BCUT2D eigenvalue weighted by molar-refractivity contribution is 0.301. The number of nitrogens with one attached hydrogen (secondary N) is 1. The summed E-state index contributed by atoms with van der Waals surface area (Å²) >= 11 is 0. The summed E-state index contributed by atoms with van der Waals surface area (Å²) in [5, 5.41) is 3.40. The Balaban J connectivity index is 1.70. The summed E-state index contributed by atoms with van der Waals surface area (Å²) in [5.74, 6) is 2.69. The maximum absolute atomic E-state index is 4.96. The first-order valence-corrected chi connectivity index (χ1v) is 8.84. The van der Waals surface area contributed by atoms with Crippen molar-refractivity contribution in [2.75, 3.05) is 7.05 Å². The van der Waals surface area contributed by atoms with Gasteiger partial charge in [-0.3, -0.25) is 0 Å². The predicted molar refractivity (Wildman–Crippen MR) is 86.4 cm³/mol. The van der Waals surface area contributed by atoms with Crippen LogP contribution in [0.15, 0.2) is 6.20 Å². The summed E-state index contributed by atoms with van der Waals surface area (Å²) in [7, 11) is 2.04. The molecule has 1 heterocycles. The van der Waals surface area contributed by atoms with Crippen LogP contribution in [0, 0.1) is 5.92 Å². The Labute approximate surface area is 129 Å². The van der Waals surface area contributed by atoms with Crippen molar-refractivity contribution in [2.24, 2.45) is 5.92 Å². The van der Waals surface area contributed by atoms with E-state index < -0.39 is 0 Å². The average Bonchev–Trinajstić information content (AvgIpc) is 2.55. The summed E-state index contributed by atoms with van der Waals surface area (Å²) in [5.41, 5.74) is 2.65. The summed E-state index contributed by atoms with van der Waals surface area (Å²) < 4.78 is 0. The number of aryl methyl sites for hydroxylation is 1. The molecular weight excluding hydrogens is 258 g/mol. The van der Waals surface area contributed by atoms with Crippen LogP contribution in [-0.2, 0) is 6.42 Å². The van der Waals surface area contributed by atoms with Crippen molar-refractivity contribution >= 4 is 0 Å². The minimum absolute atomic E-state index is 0.461. The van der Waals surface area contributed by atoms with Gasteiger partial charge in [-0.2, -0.15) is 0 Å². The van der Waals surface area contributed by atoms with Gasteiger partial charge >= 0.3 is 0 Å². The molecule has 116 valence electrons. The van der Waals surface area contributed by atoms with E-state index in [9.17, 15) is 0 Å². The van der Waals surface area contributed by atoms with Gasteiger partial charge in [0.15, 0.2) is 0 Å². The molecule has 1 aromatic rings. The molecule has 0 spiro atoms. The van der Waals surface area contributed by atoms with Crippen molar-refractivity contribution in [1.29, 1.82) is 0 Å². The van der Waals surface area contributed by atoms with Gasteiger partial charge < -0.3 is 5.32 Å². The molecule has 1 atom stereocenters. The minimum atomic E-state index is 0.461. The second-order valence-electron chi connectivity index (χ2n) is 6.87. The van der Waals surface area contributed by atoms with Crippen LogP contribution in [0.2, 0.25) is 0 Å². The molecule has 1 saturated carbocycles. The first-order valence-electron chi connectivity index (χ1n) is 8.84. The standard InChI is InChI=1S/C18H29N3/c1-3-5-13-8-10-14(11-9-13)18-20-12-15-16(19-2)6-4-7-17(15)21-18/h12-14,16,19H,3-11H2,1-2H3. The van der Waals surface area contributed by atoms with E-state index >= 15 is 0 Å². The summed E-state index contributed by atoms with van der Waals surface area (Å²) in [6.07, 6.45) is 13.8. The molecule has 0 saturated heterocycles. The zero-order valence-electron chi connectivity index (χ0n) is 13.6. The monoisotopic (exact) mass is 287 g/mol. The Morgan fingerprint density at radius 1 is 1.19 bits per heavy atom. The molecule has 2 aliphatic rings. The third-order valence-corrected chi connectivity index (χ3v) is 5.46. The summed E-state index contributed by atoms with van der Waals surface area (Å²) in [6.45, 7) is 2.30. The molecule has 3 nitrogen and oxygen atoms in total. The number of rotatable bonds is 4. The van der Waals surface area contributed by atoms with Crippen LogP contribution in [0.4, 0.5) is 0 Å². The van der Waals surface area contributed by atoms with E-state index in [1.807, 2.05) is 7.05 Å². The fraction of sp³-hybridized carbons (Fsp3) is 0.778. The van der Waals surface area contributed by atoms with Gasteiger partial charge in [0.2, 0.25) is 0 Å². The van der Waals surface area contributed by atoms with Crippen molar-refractivity contribution in [3.63, 3.8) is 0 Å². The number of fused-ring (bicyclic) bond motifs is 1. The lowest BCUT2D eigenvalue weighted by Crippen LogP contribution is -2.24. The summed E-state index contributed by atoms with van der Waals surface area (Å²) in [6, 6.07) is 0.461. The molecule has 0 bridgehead atoms. The third-order valence-electron chi connectivity index (χ3n) is 5.46. The zero-order chi connectivity index (χ0) is 14.7. The molecule has 0 aromatic carbocycles. The highest BCUT2D eigenvalue weighted by Crippen LogP contribution is 2.37. The second kappa shape index (κ2) is 6.87. The molecule has 1 fully saturated rings. The van der Waals surface area contributed by atoms with Crippen LogP contribution in [0.1, 0.15) is 87.3 Å². The quantitative estimate of drug-likeness (QED) is 0.904. The van der Waals surface area contributed by atoms with E-state index in [0.29, 0.717) is 12.0 Å². The van der Waals surface area contributed by atoms with Gasteiger partial charge in [-0.15, -0.1) is 0 Å². The van der Waals surface area contributed by atoms with E-state index in [-0.39, 0.29) is 0 Å². The van der Waals surface area contributed by atoms with Crippen molar-refractivity contribution in [2.45, 2.75) is 76.7 Å². The highest BCUT2D eigenvalue weighted by atomic mass is 14.9. The van der Waals surface area contributed by atoms with Gasteiger partial charge in [0.1, 0.15) is 5.82 Å². The SMILES string of the molecule is CCCC1CCC(c2ncc3c(n2)CCCC3NC)CC1. The highest BCUT2D eigenvalue weighted by molar-refractivity contribution is 5.25.